The lowest BCUT2D eigenvalue weighted by atomic mass is 10.2. The van der Waals surface area contributed by atoms with Crippen molar-refractivity contribution in [2.24, 2.45) is 0 Å². The van der Waals surface area contributed by atoms with Crippen molar-refractivity contribution in [3.63, 3.8) is 0 Å². The fourth-order valence-electron chi connectivity index (χ4n) is 1.81. The molecule has 90 valence electrons. The van der Waals surface area contributed by atoms with Crippen LogP contribution < -0.4 is 5.32 Å². The van der Waals surface area contributed by atoms with Crippen LogP contribution in [0.4, 0.5) is 5.82 Å². The van der Waals surface area contributed by atoms with E-state index in [1.54, 1.807) is 12.5 Å². The van der Waals surface area contributed by atoms with Crippen LogP contribution in [0.15, 0.2) is 53.3 Å². The van der Waals surface area contributed by atoms with Gasteiger partial charge in [0.1, 0.15) is 11.4 Å². The molecule has 3 rings (SSSR count). The molecule has 3 nitrogen and oxygen atoms in total. The van der Waals surface area contributed by atoms with Crippen LogP contribution in [0.2, 0.25) is 0 Å². The Balaban J connectivity index is 1.78. The summed E-state index contributed by atoms with van der Waals surface area (Å²) in [6.07, 6.45) is 3.50. The van der Waals surface area contributed by atoms with Crippen molar-refractivity contribution in [2.45, 2.75) is 6.54 Å². The van der Waals surface area contributed by atoms with Crippen LogP contribution in [0.5, 0.6) is 0 Å². The van der Waals surface area contributed by atoms with Crippen LogP contribution in [0.25, 0.3) is 11.0 Å². The Kier molecular flexibility index (Phi) is 3.19. The van der Waals surface area contributed by atoms with Gasteiger partial charge in [0, 0.05) is 18.1 Å². The van der Waals surface area contributed by atoms with Crippen LogP contribution in [0.1, 0.15) is 5.56 Å². The Labute approximate surface area is 118 Å². The minimum absolute atomic E-state index is 0.740. The Morgan fingerprint density at radius 1 is 1.22 bits per heavy atom. The fraction of sp³-hybridized carbons (Fsp3) is 0.0714. The number of anilines is 1. The third-order valence-electron chi connectivity index (χ3n) is 2.74. The van der Waals surface area contributed by atoms with Gasteiger partial charge < -0.3 is 9.73 Å². The van der Waals surface area contributed by atoms with Crippen molar-refractivity contribution in [2.75, 3.05) is 5.32 Å². The normalized spacial score (nSPS) is 10.7. The maximum absolute atomic E-state index is 5.39. The molecule has 2 heterocycles. The third kappa shape index (κ3) is 2.33. The highest BCUT2D eigenvalue weighted by atomic mass is 127. The van der Waals surface area contributed by atoms with E-state index in [-0.39, 0.29) is 0 Å². The predicted molar refractivity (Wildman–Crippen MR) is 80.5 cm³/mol. The second kappa shape index (κ2) is 4.97. The standard InChI is InChI=1S/C14H11IN2O/c15-12-2-1-6-16-14(12)17-9-10-3-4-11-5-7-18-13(11)8-10/h1-8H,9H2,(H,16,17). The molecule has 0 aliphatic heterocycles. The molecule has 2 aromatic heterocycles. The van der Waals surface area contributed by atoms with E-state index in [4.69, 9.17) is 4.42 Å². The lowest BCUT2D eigenvalue weighted by molar-refractivity contribution is 0.615. The molecule has 18 heavy (non-hydrogen) atoms. The maximum Gasteiger partial charge on any atom is 0.139 e. The Morgan fingerprint density at radius 2 is 2.17 bits per heavy atom. The number of nitrogens with one attached hydrogen (secondary N) is 1. The van der Waals surface area contributed by atoms with Gasteiger partial charge in [-0.1, -0.05) is 12.1 Å². The van der Waals surface area contributed by atoms with Crippen LogP contribution in [0.3, 0.4) is 0 Å². The van der Waals surface area contributed by atoms with Gasteiger partial charge in [-0.05, 0) is 52.4 Å². The van der Waals surface area contributed by atoms with Crippen molar-refractivity contribution in [1.82, 2.24) is 4.98 Å². The molecule has 0 saturated heterocycles. The van der Waals surface area contributed by atoms with Crippen molar-refractivity contribution >= 4 is 39.4 Å². The van der Waals surface area contributed by atoms with Gasteiger partial charge in [0.15, 0.2) is 0 Å². The molecule has 0 amide bonds. The van der Waals surface area contributed by atoms with E-state index in [1.807, 2.05) is 18.2 Å². The largest absolute Gasteiger partial charge is 0.464 e. The number of nitrogens with zero attached hydrogens (tertiary/aromatic N) is 1. The number of benzene rings is 1. The minimum atomic E-state index is 0.740. The van der Waals surface area contributed by atoms with Crippen molar-refractivity contribution in [3.8, 4) is 0 Å². The SMILES string of the molecule is Ic1cccnc1NCc1ccc2ccoc2c1. The van der Waals surface area contributed by atoms with Crippen LogP contribution in [-0.2, 0) is 6.54 Å². The Morgan fingerprint density at radius 3 is 3.06 bits per heavy atom. The highest BCUT2D eigenvalue weighted by Crippen LogP contribution is 2.19. The Bertz CT molecular complexity index is 678. The molecule has 0 saturated carbocycles. The second-order valence-corrected chi connectivity index (χ2v) is 5.14. The second-order valence-electron chi connectivity index (χ2n) is 3.98. The first-order chi connectivity index (χ1) is 8.83. The van der Waals surface area contributed by atoms with E-state index in [0.29, 0.717) is 0 Å². The molecular formula is C14H11IN2O. The summed E-state index contributed by atoms with van der Waals surface area (Å²) in [6.45, 7) is 0.740. The quantitative estimate of drug-likeness (QED) is 0.725. The molecule has 0 unspecified atom stereocenters. The van der Waals surface area contributed by atoms with Crippen molar-refractivity contribution < 1.29 is 4.42 Å². The summed E-state index contributed by atoms with van der Waals surface area (Å²) in [5.74, 6) is 0.914. The molecule has 0 atom stereocenters. The summed E-state index contributed by atoms with van der Waals surface area (Å²) < 4.78 is 6.51. The van der Waals surface area contributed by atoms with Gasteiger partial charge in [-0.2, -0.15) is 0 Å². The maximum atomic E-state index is 5.39. The minimum Gasteiger partial charge on any atom is -0.464 e. The summed E-state index contributed by atoms with van der Waals surface area (Å²) in [5.41, 5.74) is 2.10. The van der Waals surface area contributed by atoms with E-state index in [0.717, 1.165) is 26.9 Å². The number of furan rings is 1. The fourth-order valence-corrected chi connectivity index (χ4v) is 2.35. The average molecular weight is 350 g/mol. The highest BCUT2D eigenvalue weighted by Gasteiger charge is 2.01. The zero-order valence-corrected chi connectivity index (χ0v) is 11.7. The van der Waals surface area contributed by atoms with Crippen LogP contribution >= 0.6 is 22.6 Å². The van der Waals surface area contributed by atoms with Gasteiger partial charge in [-0.25, -0.2) is 4.98 Å². The number of pyridine rings is 1. The van der Waals surface area contributed by atoms with E-state index < -0.39 is 0 Å². The predicted octanol–water partition coefficient (Wildman–Crippen LogP) is 4.04. The summed E-state index contributed by atoms with van der Waals surface area (Å²) >= 11 is 2.27. The molecule has 0 bridgehead atoms. The molecule has 0 aliphatic rings. The average Bonchev–Trinajstić information content (AvgIpc) is 2.85. The van der Waals surface area contributed by atoms with E-state index in [9.17, 15) is 0 Å². The number of hydrogen-bond donors (Lipinski definition) is 1. The first-order valence-electron chi connectivity index (χ1n) is 5.63. The lowest BCUT2D eigenvalue weighted by Gasteiger charge is -2.07. The van der Waals surface area contributed by atoms with E-state index >= 15 is 0 Å². The Hall–Kier alpha value is -1.56. The smallest absolute Gasteiger partial charge is 0.139 e. The van der Waals surface area contributed by atoms with E-state index in [2.05, 4.69) is 51.1 Å². The van der Waals surface area contributed by atoms with Gasteiger partial charge in [0.05, 0.1) is 9.83 Å². The number of aromatic nitrogens is 1. The number of fused-ring (bicyclic) bond motifs is 1. The molecule has 1 aromatic carbocycles. The molecule has 0 radical (unpaired) electrons. The number of halogens is 1. The monoisotopic (exact) mass is 350 g/mol. The highest BCUT2D eigenvalue weighted by molar-refractivity contribution is 14.1. The molecule has 4 heteroatoms. The third-order valence-corrected chi connectivity index (χ3v) is 3.61. The summed E-state index contributed by atoms with van der Waals surface area (Å²) in [5, 5.41) is 4.46. The van der Waals surface area contributed by atoms with Crippen LogP contribution in [0, 0.1) is 3.57 Å². The van der Waals surface area contributed by atoms with Gasteiger partial charge in [-0.15, -0.1) is 0 Å². The van der Waals surface area contributed by atoms with Gasteiger partial charge >= 0.3 is 0 Å². The molecular weight excluding hydrogens is 339 g/mol. The molecule has 0 aliphatic carbocycles. The first-order valence-corrected chi connectivity index (χ1v) is 6.71. The van der Waals surface area contributed by atoms with Gasteiger partial charge in [0.25, 0.3) is 0 Å². The van der Waals surface area contributed by atoms with Crippen molar-refractivity contribution in [3.05, 3.63) is 58.0 Å². The van der Waals surface area contributed by atoms with Crippen molar-refractivity contribution in [1.29, 1.82) is 0 Å². The zero-order chi connectivity index (χ0) is 12.4. The first kappa shape index (κ1) is 11.5. The molecule has 0 fully saturated rings. The lowest BCUT2D eigenvalue weighted by Crippen LogP contribution is -2.02. The number of rotatable bonds is 3. The molecule has 0 spiro atoms. The van der Waals surface area contributed by atoms with Crippen LogP contribution in [-0.4, -0.2) is 4.98 Å². The number of hydrogen-bond acceptors (Lipinski definition) is 3. The van der Waals surface area contributed by atoms with Gasteiger partial charge in [-0.3, -0.25) is 0 Å². The summed E-state index contributed by atoms with van der Waals surface area (Å²) in [6, 6.07) is 12.2. The van der Waals surface area contributed by atoms with Gasteiger partial charge in [0.2, 0.25) is 0 Å². The van der Waals surface area contributed by atoms with E-state index in [1.165, 1.54) is 5.56 Å². The summed E-state index contributed by atoms with van der Waals surface area (Å²) in [7, 11) is 0. The molecule has 1 N–H and O–H groups in total. The zero-order valence-electron chi connectivity index (χ0n) is 9.56. The molecule has 3 aromatic rings. The summed E-state index contributed by atoms with van der Waals surface area (Å²) in [4.78, 5) is 4.30. The topological polar surface area (TPSA) is 38.1 Å².